The molecule has 2 rings (SSSR count). The zero-order chi connectivity index (χ0) is 21.2. The number of carboxylic acids is 1. The van der Waals surface area contributed by atoms with Crippen molar-refractivity contribution in [3.63, 3.8) is 0 Å². The van der Waals surface area contributed by atoms with Gasteiger partial charge in [0.2, 0.25) is 5.91 Å². The molecule has 11 heteroatoms. The van der Waals surface area contributed by atoms with Gasteiger partial charge in [-0.2, -0.15) is 0 Å². The summed E-state index contributed by atoms with van der Waals surface area (Å²) in [4.78, 5) is 23.1. The summed E-state index contributed by atoms with van der Waals surface area (Å²) in [5.41, 5.74) is 0. The van der Waals surface area contributed by atoms with Crippen molar-refractivity contribution < 1.29 is 49.0 Å². The Labute approximate surface area is 162 Å². The average Bonchev–Trinajstić information content (AvgIpc) is 2.63. The maximum Gasteiger partial charge on any atom is 0.335 e. The first-order valence-corrected chi connectivity index (χ1v) is 9.08. The van der Waals surface area contributed by atoms with Crippen LogP contribution in [0.1, 0.15) is 20.8 Å². The van der Waals surface area contributed by atoms with E-state index in [2.05, 4.69) is 5.32 Å². The first kappa shape index (κ1) is 22.9. The maximum atomic E-state index is 11.6. The Morgan fingerprint density at radius 3 is 2.25 bits per heavy atom. The third kappa shape index (κ3) is 4.62. The van der Waals surface area contributed by atoms with Crippen LogP contribution >= 0.6 is 0 Å². The maximum absolute atomic E-state index is 11.6. The molecule has 0 aromatic rings. The van der Waals surface area contributed by atoms with Gasteiger partial charge in [0.05, 0.1) is 24.9 Å². The Bertz CT molecular complexity index is 560. The normalized spacial score (nSPS) is 44.1. The lowest BCUT2D eigenvalue weighted by Gasteiger charge is -2.47. The summed E-state index contributed by atoms with van der Waals surface area (Å²) in [6.07, 6.45) is -9.03. The largest absolute Gasteiger partial charge is 0.479 e. The quantitative estimate of drug-likeness (QED) is 0.327. The minimum Gasteiger partial charge on any atom is -0.479 e. The minimum absolute atomic E-state index is 0.398. The second-order valence-corrected chi connectivity index (χ2v) is 7.19. The van der Waals surface area contributed by atoms with Crippen LogP contribution in [0, 0.1) is 5.92 Å². The second kappa shape index (κ2) is 9.44. The van der Waals surface area contributed by atoms with Crippen LogP contribution in [0.5, 0.6) is 0 Å². The molecule has 2 saturated heterocycles. The Balaban J connectivity index is 2.26. The first-order valence-electron chi connectivity index (χ1n) is 9.08. The molecule has 162 valence electrons. The van der Waals surface area contributed by atoms with Gasteiger partial charge in [0.15, 0.2) is 12.4 Å². The number of aliphatic hydroxyl groups is 3. The van der Waals surface area contributed by atoms with Crippen LogP contribution in [0.15, 0.2) is 0 Å². The van der Waals surface area contributed by atoms with Gasteiger partial charge < -0.3 is 44.7 Å². The van der Waals surface area contributed by atoms with Crippen LogP contribution in [-0.4, -0.2) is 101 Å². The van der Waals surface area contributed by atoms with E-state index in [1.165, 1.54) is 14.0 Å². The van der Waals surface area contributed by atoms with Crippen molar-refractivity contribution in [3.05, 3.63) is 0 Å². The number of nitrogens with one attached hydrogen (secondary N) is 1. The van der Waals surface area contributed by atoms with E-state index >= 15 is 0 Å². The van der Waals surface area contributed by atoms with Gasteiger partial charge in [-0.15, -0.1) is 0 Å². The van der Waals surface area contributed by atoms with Crippen LogP contribution in [0.3, 0.4) is 0 Å². The van der Waals surface area contributed by atoms with E-state index in [1.807, 2.05) is 0 Å². The highest BCUT2D eigenvalue weighted by molar-refractivity contribution is 5.73. The summed E-state index contributed by atoms with van der Waals surface area (Å²) in [5.74, 6) is -2.33. The molecule has 5 N–H and O–H groups in total. The smallest absolute Gasteiger partial charge is 0.335 e. The monoisotopic (exact) mass is 407 g/mol. The fraction of sp³-hybridized carbons (Fsp3) is 0.882. The van der Waals surface area contributed by atoms with Gasteiger partial charge in [0.1, 0.15) is 24.4 Å². The Hall–Kier alpha value is -1.34. The third-order valence-electron chi connectivity index (χ3n) is 5.24. The molecule has 0 saturated carbocycles. The van der Waals surface area contributed by atoms with E-state index in [-0.39, 0.29) is 0 Å². The van der Waals surface area contributed by atoms with Crippen molar-refractivity contribution in [2.45, 2.75) is 75.8 Å². The molecule has 2 aliphatic rings. The number of ether oxygens (including phenoxy) is 4. The number of hydrogen-bond donors (Lipinski definition) is 5. The van der Waals surface area contributed by atoms with E-state index in [0.717, 1.165) is 0 Å². The van der Waals surface area contributed by atoms with Crippen molar-refractivity contribution in [1.29, 1.82) is 0 Å². The Morgan fingerprint density at radius 2 is 1.75 bits per heavy atom. The molecule has 11 nitrogen and oxygen atoms in total. The van der Waals surface area contributed by atoms with Crippen molar-refractivity contribution in [2.75, 3.05) is 13.7 Å². The Kier molecular flexibility index (Phi) is 7.73. The molecule has 1 amide bonds. The molecule has 5 unspecified atom stereocenters. The third-order valence-corrected chi connectivity index (χ3v) is 5.24. The SMILES string of the molecule is CO[C@@H]1C(C(=O)O)O[C@@H](O[C@@H]2C(NC(C)=O)C(C)OC(CO)[C@H]2O)C(O)[C@H]1C. The average molecular weight is 407 g/mol. The number of hydrogen-bond acceptors (Lipinski definition) is 9. The predicted octanol–water partition coefficient (Wildman–Crippen LogP) is -2.16. The molecule has 0 bridgehead atoms. The van der Waals surface area contributed by atoms with Crippen LogP contribution in [0.4, 0.5) is 0 Å². The van der Waals surface area contributed by atoms with Crippen molar-refractivity contribution in [1.82, 2.24) is 5.32 Å². The number of carbonyl (C=O) groups excluding carboxylic acids is 1. The molecule has 2 aliphatic heterocycles. The Morgan fingerprint density at radius 1 is 1.11 bits per heavy atom. The van der Waals surface area contributed by atoms with Gasteiger partial charge in [0.25, 0.3) is 0 Å². The number of carboxylic acid groups (broad SMARTS) is 1. The van der Waals surface area contributed by atoms with E-state index in [0.29, 0.717) is 0 Å². The summed E-state index contributed by atoms with van der Waals surface area (Å²) < 4.78 is 21.9. The molecule has 0 radical (unpaired) electrons. The van der Waals surface area contributed by atoms with Gasteiger partial charge in [-0.3, -0.25) is 4.79 Å². The summed E-state index contributed by atoms with van der Waals surface area (Å²) in [5, 5.41) is 42.6. The van der Waals surface area contributed by atoms with Crippen molar-refractivity contribution >= 4 is 11.9 Å². The van der Waals surface area contributed by atoms with Gasteiger partial charge >= 0.3 is 5.97 Å². The molecule has 0 aliphatic carbocycles. The second-order valence-electron chi connectivity index (χ2n) is 7.19. The molecule has 28 heavy (non-hydrogen) atoms. The standard InChI is InChI=1S/C17H29NO10/c1-6-11(21)17(28-15(16(23)24)13(6)25-4)27-14-10(18-8(3)20)7(2)26-9(5-19)12(14)22/h6-7,9-15,17,19,21-22H,5H2,1-4H3,(H,18,20)(H,23,24)/t6-,7?,9?,10?,11?,12-,13+,14-,15?,17-/m1/s1. The van der Waals surface area contributed by atoms with Crippen LogP contribution in [0.2, 0.25) is 0 Å². The fourth-order valence-corrected chi connectivity index (χ4v) is 3.71. The highest BCUT2D eigenvalue weighted by Crippen LogP contribution is 2.32. The predicted molar refractivity (Wildman–Crippen MR) is 92.2 cm³/mol. The number of carbonyl (C=O) groups is 2. The van der Waals surface area contributed by atoms with Crippen molar-refractivity contribution in [3.8, 4) is 0 Å². The number of amides is 1. The molecule has 0 aromatic heterocycles. The van der Waals surface area contributed by atoms with E-state index < -0.39 is 79.5 Å². The van der Waals surface area contributed by atoms with Crippen molar-refractivity contribution in [2.24, 2.45) is 5.92 Å². The molecular weight excluding hydrogens is 378 g/mol. The van der Waals surface area contributed by atoms with Gasteiger partial charge in [0, 0.05) is 20.0 Å². The van der Waals surface area contributed by atoms with E-state index in [9.17, 15) is 30.0 Å². The van der Waals surface area contributed by atoms with Gasteiger partial charge in [-0.1, -0.05) is 6.92 Å². The number of aliphatic hydroxyl groups excluding tert-OH is 3. The molecule has 10 atom stereocenters. The van der Waals surface area contributed by atoms with E-state index in [1.54, 1.807) is 13.8 Å². The zero-order valence-electron chi connectivity index (χ0n) is 16.2. The van der Waals surface area contributed by atoms with E-state index in [4.69, 9.17) is 18.9 Å². The fourth-order valence-electron chi connectivity index (χ4n) is 3.71. The molecular formula is C17H29NO10. The number of aliphatic carboxylic acids is 1. The zero-order valence-corrected chi connectivity index (χ0v) is 16.2. The van der Waals surface area contributed by atoms with Gasteiger partial charge in [-0.05, 0) is 6.92 Å². The first-order chi connectivity index (χ1) is 13.1. The molecule has 2 heterocycles. The van der Waals surface area contributed by atoms with Gasteiger partial charge in [-0.25, -0.2) is 4.79 Å². The lowest BCUT2D eigenvalue weighted by molar-refractivity contribution is -0.319. The van der Waals surface area contributed by atoms with Crippen LogP contribution in [0.25, 0.3) is 0 Å². The molecule has 2 fully saturated rings. The lowest BCUT2D eigenvalue weighted by Crippen LogP contribution is -2.66. The number of methoxy groups -OCH3 is 1. The topological polar surface area (TPSA) is 164 Å². The van der Waals surface area contributed by atoms with Crippen LogP contribution in [-0.2, 0) is 28.5 Å². The summed E-state index contributed by atoms with van der Waals surface area (Å²) in [7, 11) is 1.32. The van der Waals surface area contributed by atoms with Crippen LogP contribution < -0.4 is 5.32 Å². The number of rotatable bonds is 6. The summed E-state index contributed by atoms with van der Waals surface area (Å²) >= 11 is 0. The summed E-state index contributed by atoms with van der Waals surface area (Å²) in [6.45, 7) is 4.02. The molecule has 0 spiro atoms. The minimum atomic E-state index is -1.40. The highest BCUT2D eigenvalue weighted by atomic mass is 16.7. The molecule has 0 aromatic carbocycles. The summed E-state index contributed by atoms with van der Waals surface area (Å²) in [6, 6.07) is -0.815. The lowest BCUT2D eigenvalue weighted by atomic mass is 9.89. The highest BCUT2D eigenvalue weighted by Gasteiger charge is 2.51.